The Bertz CT molecular complexity index is 1610. The van der Waals surface area contributed by atoms with E-state index in [0.29, 0.717) is 17.1 Å². The molecular weight excluding hydrogens is 538 g/mol. The van der Waals surface area contributed by atoms with Crippen molar-refractivity contribution in [3.8, 4) is 17.2 Å². The Labute approximate surface area is 233 Å². The monoisotopic (exact) mass is 559 g/mol. The van der Waals surface area contributed by atoms with E-state index in [1.807, 2.05) is 42.5 Å². The summed E-state index contributed by atoms with van der Waals surface area (Å²) in [6.45, 7) is 0.262. The zero-order valence-electron chi connectivity index (χ0n) is 20.8. The number of esters is 1. The molecule has 9 heteroatoms. The number of hydrogen-bond donors (Lipinski definition) is 0. The summed E-state index contributed by atoms with van der Waals surface area (Å²) < 4.78 is 16.8. The van der Waals surface area contributed by atoms with Gasteiger partial charge in [-0.1, -0.05) is 66.2 Å². The Kier molecular flexibility index (Phi) is 7.86. The molecule has 0 aromatic heterocycles. The van der Waals surface area contributed by atoms with Crippen LogP contribution >= 0.6 is 23.4 Å². The number of halogens is 1. The number of thioether (sulfide) groups is 1. The third kappa shape index (κ3) is 5.77. The van der Waals surface area contributed by atoms with E-state index in [9.17, 15) is 14.4 Å². The normalized spacial score (nSPS) is 14.2. The first-order valence-corrected chi connectivity index (χ1v) is 13.1. The van der Waals surface area contributed by atoms with Crippen molar-refractivity contribution in [2.45, 2.75) is 0 Å². The molecule has 0 saturated carbocycles. The molecule has 7 nitrogen and oxygen atoms in total. The molecule has 4 aromatic carbocycles. The maximum absolute atomic E-state index is 13.0. The number of hydrogen-bond acceptors (Lipinski definition) is 7. The lowest BCUT2D eigenvalue weighted by molar-refractivity contribution is -0.123. The van der Waals surface area contributed by atoms with Gasteiger partial charge in [0, 0.05) is 5.39 Å². The summed E-state index contributed by atoms with van der Waals surface area (Å²) in [7, 11) is 1.45. The van der Waals surface area contributed by atoms with Crippen molar-refractivity contribution >= 4 is 57.3 Å². The molecule has 0 N–H and O–H groups in total. The molecule has 0 atom stereocenters. The molecule has 0 aliphatic carbocycles. The first-order valence-electron chi connectivity index (χ1n) is 12.0. The fourth-order valence-corrected chi connectivity index (χ4v) is 5.13. The van der Waals surface area contributed by atoms with Crippen molar-refractivity contribution < 1.29 is 28.6 Å². The average molecular weight is 560 g/mol. The van der Waals surface area contributed by atoms with Crippen LogP contribution in [0.2, 0.25) is 5.02 Å². The van der Waals surface area contributed by atoms with Crippen molar-refractivity contribution in [2.24, 2.45) is 0 Å². The molecule has 0 spiro atoms. The number of carbonyl (C=O) groups excluding carboxylic acids is 3. The van der Waals surface area contributed by atoms with E-state index < -0.39 is 11.9 Å². The molecule has 0 radical (unpaired) electrons. The number of ether oxygens (including phenoxy) is 3. The van der Waals surface area contributed by atoms with Crippen molar-refractivity contribution in [3.05, 3.63) is 106 Å². The van der Waals surface area contributed by atoms with Gasteiger partial charge in [-0.05, 0) is 59.1 Å². The zero-order chi connectivity index (χ0) is 27.4. The Morgan fingerprint density at radius 2 is 1.69 bits per heavy atom. The predicted molar refractivity (Wildman–Crippen MR) is 152 cm³/mol. The van der Waals surface area contributed by atoms with E-state index >= 15 is 0 Å². The highest BCUT2D eigenvalue weighted by Crippen LogP contribution is 2.35. The van der Waals surface area contributed by atoms with Gasteiger partial charge in [-0.2, -0.15) is 0 Å². The van der Waals surface area contributed by atoms with Crippen LogP contribution in [-0.2, 0) is 4.79 Å². The van der Waals surface area contributed by atoms with Crippen molar-refractivity contribution in [1.29, 1.82) is 0 Å². The molecular formula is C30H22ClNO6S. The first-order chi connectivity index (χ1) is 18.9. The minimum atomic E-state index is -0.650. The van der Waals surface area contributed by atoms with E-state index in [1.54, 1.807) is 48.5 Å². The van der Waals surface area contributed by atoms with Crippen LogP contribution in [0.1, 0.15) is 15.9 Å². The first kappa shape index (κ1) is 26.3. The minimum Gasteiger partial charge on any atom is -0.493 e. The molecule has 1 aliphatic heterocycles. The minimum absolute atomic E-state index is 0.106. The highest BCUT2D eigenvalue weighted by Gasteiger charge is 2.35. The van der Waals surface area contributed by atoms with Gasteiger partial charge in [0.15, 0.2) is 11.5 Å². The highest BCUT2D eigenvalue weighted by molar-refractivity contribution is 8.18. The fourth-order valence-electron chi connectivity index (χ4n) is 4.06. The van der Waals surface area contributed by atoms with Gasteiger partial charge < -0.3 is 14.2 Å². The molecule has 0 bridgehead atoms. The molecule has 1 saturated heterocycles. The smallest absolute Gasteiger partial charge is 0.345 e. The van der Waals surface area contributed by atoms with Gasteiger partial charge in [0.1, 0.15) is 12.4 Å². The zero-order valence-corrected chi connectivity index (χ0v) is 22.3. The molecule has 0 unspecified atom stereocenters. The van der Waals surface area contributed by atoms with Crippen molar-refractivity contribution in [1.82, 2.24) is 4.90 Å². The number of carbonyl (C=O) groups is 3. The van der Waals surface area contributed by atoms with E-state index in [-0.39, 0.29) is 39.6 Å². The van der Waals surface area contributed by atoms with Crippen LogP contribution in [-0.4, -0.2) is 42.3 Å². The van der Waals surface area contributed by atoms with Crippen LogP contribution in [0.25, 0.3) is 16.8 Å². The third-order valence-electron chi connectivity index (χ3n) is 5.98. The van der Waals surface area contributed by atoms with E-state index in [4.69, 9.17) is 25.8 Å². The van der Waals surface area contributed by atoms with E-state index in [1.165, 1.54) is 7.11 Å². The number of benzene rings is 4. The quantitative estimate of drug-likeness (QED) is 0.133. The SMILES string of the molecule is COc1ccc(/C=C2\SC(=O)N(CCOc3cccc4ccccc34)C2=O)cc1OC(=O)c1ccccc1Cl. The van der Waals surface area contributed by atoms with Gasteiger partial charge >= 0.3 is 5.97 Å². The van der Waals surface area contributed by atoms with Gasteiger partial charge in [-0.15, -0.1) is 0 Å². The van der Waals surface area contributed by atoms with Gasteiger partial charge in [-0.25, -0.2) is 4.79 Å². The van der Waals surface area contributed by atoms with Gasteiger partial charge in [0.2, 0.25) is 0 Å². The second kappa shape index (κ2) is 11.6. The number of nitrogens with zero attached hydrogens (tertiary/aromatic N) is 1. The molecule has 1 aliphatic rings. The Morgan fingerprint density at radius 3 is 2.51 bits per heavy atom. The van der Waals surface area contributed by atoms with Crippen LogP contribution in [0.3, 0.4) is 0 Å². The van der Waals surface area contributed by atoms with Gasteiger partial charge in [0.05, 0.1) is 29.1 Å². The predicted octanol–water partition coefficient (Wildman–Crippen LogP) is 6.84. The summed E-state index contributed by atoms with van der Waals surface area (Å²) in [6.07, 6.45) is 1.57. The Hall–Kier alpha value is -4.27. The van der Waals surface area contributed by atoms with Crippen molar-refractivity contribution in [2.75, 3.05) is 20.3 Å². The summed E-state index contributed by atoms with van der Waals surface area (Å²) in [5.41, 5.74) is 0.758. The largest absolute Gasteiger partial charge is 0.493 e. The second-order valence-electron chi connectivity index (χ2n) is 8.44. The third-order valence-corrected chi connectivity index (χ3v) is 7.21. The van der Waals surface area contributed by atoms with Crippen LogP contribution in [0, 0.1) is 0 Å². The van der Waals surface area contributed by atoms with E-state index in [2.05, 4.69) is 0 Å². The summed E-state index contributed by atoms with van der Waals surface area (Å²) in [4.78, 5) is 39.7. The van der Waals surface area contributed by atoms with Crippen LogP contribution in [0.4, 0.5) is 4.79 Å². The molecule has 5 rings (SSSR count). The number of imide groups is 1. The Morgan fingerprint density at radius 1 is 0.923 bits per heavy atom. The maximum Gasteiger partial charge on any atom is 0.345 e. The standard InChI is InChI=1S/C30H22ClNO6S/c1-36-25-14-13-19(17-26(25)38-29(34)22-10-4-5-11-23(22)31)18-27-28(33)32(30(35)39-27)15-16-37-24-12-6-8-20-7-2-3-9-21(20)24/h2-14,17-18H,15-16H2,1H3/b27-18-. The number of amides is 2. The lowest BCUT2D eigenvalue weighted by atomic mass is 10.1. The fraction of sp³-hybridized carbons (Fsp3) is 0.100. The van der Waals surface area contributed by atoms with E-state index in [0.717, 1.165) is 27.4 Å². The van der Waals surface area contributed by atoms with Gasteiger partial charge in [-0.3, -0.25) is 14.5 Å². The van der Waals surface area contributed by atoms with Crippen LogP contribution < -0.4 is 14.2 Å². The van der Waals surface area contributed by atoms with Crippen molar-refractivity contribution in [3.63, 3.8) is 0 Å². The lowest BCUT2D eigenvalue weighted by Crippen LogP contribution is -2.32. The number of fused-ring (bicyclic) bond motifs is 1. The summed E-state index contributed by atoms with van der Waals surface area (Å²) in [5, 5.41) is 1.88. The second-order valence-corrected chi connectivity index (χ2v) is 9.84. The maximum atomic E-state index is 13.0. The molecule has 39 heavy (non-hydrogen) atoms. The lowest BCUT2D eigenvalue weighted by Gasteiger charge is -2.14. The summed E-state index contributed by atoms with van der Waals surface area (Å²) >= 11 is 6.96. The van der Waals surface area contributed by atoms with Crippen LogP contribution in [0.15, 0.2) is 89.8 Å². The number of methoxy groups -OCH3 is 1. The van der Waals surface area contributed by atoms with Crippen LogP contribution in [0.5, 0.6) is 17.2 Å². The molecule has 1 heterocycles. The molecule has 2 amide bonds. The molecule has 1 fully saturated rings. The highest BCUT2D eigenvalue weighted by atomic mass is 35.5. The van der Waals surface area contributed by atoms with Gasteiger partial charge in [0.25, 0.3) is 11.1 Å². The number of rotatable bonds is 8. The average Bonchev–Trinajstić information content (AvgIpc) is 3.20. The molecule has 196 valence electrons. The topological polar surface area (TPSA) is 82.1 Å². The molecule has 4 aromatic rings. The Balaban J connectivity index is 1.28. The summed E-state index contributed by atoms with van der Waals surface area (Å²) in [6, 6.07) is 25.0. The summed E-state index contributed by atoms with van der Waals surface area (Å²) in [5.74, 6) is 0.0948.